The molecule has 5 rings (SSSR count). The maximum Gasteiger partial charge on any atom is 0.335 e. The number of carbonyl (C=O) groups is 1. The molecule has 2 heterocycles. The monoisotopic (exact) mass is 438 g/mol. The third kappa shape index (κ3) is 3.50. The molecule has 1 atom stereocenters. The zero-order chi connectivity index (χ0) is 23.2. The quantitative estimate of drug-likeness (QED) is 0.355. The fourth-order valence-corrected chi connectivity index (χ4v) is 5.16. The smallest absolute Gasteiger partial charge is 0.335 e. The van der Waals surface area contributed by atoms with Gasteiger partial charge >= 0.3 is 5.97 Å². The molecule has 0 saturated carbocycles. The molecule has 0 saturated heterocycles. The second-order valence-corrected chi connectivity index (χ2v) is 9.46. The van der Waals surface area contributed by atoms with Crippen LogP contribution >= 0.6 is 0 Å². The molecule has 1 aliphatic rings. The van der Waals surface area contributed by atoms with E-state index in [0.29, 0.717) is 12.5 Å². The molecular weight excluding hydrogens is 412 g/mol. The minimum Gasteiger partial charge on any atom is -0.478 e. The summed E-state index contributed by atoms with van der Waals surface area (Å²) in [6.45, 7) is 4.25. The largest absolute Gasteiger partial charge is 0.478 e. The molecule has 6 nitrogen and oxygen atoms in total. The van der Waals surface area contributed by atoms with Crippen molar-refractivity contribution < 1.29 is 9.90 Å². The Labute approximate surface area is 192 Å². The fraction of sp³-hybridized carbons (Fsp3) is 0.296. The van der Waals surface area contributed by atoms with E-state index in [1.165, 1.54) is 0 Å². The molecule has 0 aliphatic heterocycles. The molecule has 0 spiro atoms. The Morgan fingerprint density at radius 1 is 1.27 bits per heavy atom. The van der Waals surface area contributed by atoms with E-state index in [-0.39, 0.29) is 5.56 Å². The predicted octanol–water partition coefficient (Wildman–Crippen LogP) is 6.36. The number of aromatic amines is 1. The van der Waals surface area contributed by atoms with Gasteiger partial charge in [0, 0.05) is 45.4 Å². The van der Waals surface area contributed by atoms with E-state index in [0.717, 1.165) is 57.9 Å². The summed E-state index contributed by atoms with van der Waals surface area (Å²) in [4.78, 5) is 11.4. The normalized spacial score (nSPS) is 16.3. The van der Waals surface area contributed by atoms with Gasteiger partial charge in [-0.3, -0.25) is 5.10 Å². The van der Waals surface area contributed by atoms with Crippen LogP contribution in [0.1, 0.15) is 61.6 Å². The number of hydrogen-bond donors (Lipinski definition) is 2. The second kappa shape index (κ2) is 7.93. The molecule has 1 aliphatic carbocycles. The van der Waals surface area contributed by atoms with Gasteiger partial charge in [-0.25, -0.2) is 4.79 Å². The number of carboxylic acids is 1. The van der Waals surface area contributed by atoms with Crippen LogP contribution in [0.4, 0.5) is 0 Å². The highest BCUT2D eigenvalue weighted by atomic mass is 16.4. The van der Waals surface area contributed by atoms with E-state index in [2.05, 4.69) is 59.0 Å². The van der Waals surface area contributed by atoms with E-state index in [9.17, 15) is 15.2 Å². The minimum absolute atomic E-state index is 0.258. The highest BCUT2D eigenvalue weighted by molar-refractivity contribution is 6.05. The first-order valence-electron chi connectivity index (χ1n) is 11.3. The summed E-state index contributed by atoms with van der Waals surface area (Å²) in [6.07, 6.45) is 9.72. The number of H-pyrrole nitrogens is 1. The number of rotatable bonds is 5. The molecule has 0 bridgehead atoms. The van der Waals surface area contributed by atoms with Crippen LogP contribution in [0.15, 0.2) is 54.7 Å². The van der Waals surface area contributed by atoms with Gasteiger partial charge in [0.1, 0.15) is 0 Å². The van der Waals surface area contributed by atoms with Gasteiger partial charge in [0.2, 0.25) is 0 Å². The second-order valence-electron chi connectivity index (χ2n) is 9.46. The van der Waals surface area contributed by atoms with E-state index in [1.807, 2.05) is 18.3 Å². The van der Waals surface area contributed by atoms with Gasteiger partial charge in [0.15, 0.2) is 0 Å². The first kappa shape index (κ1) is 21.0. The average Bonchev–Trinajstić information content (AvgIpc) is 3.40. The number of hydrogen-bond acceptors (Lipinski definition) is 3. The highest BCUT2D eigenvalue weighted by Crippen LogP contribution is 2.46. The molecule has 0 fully saturated rings. The molecule has 4 aromatic rings. The number of allylic oxidation sites excluding steroid dienone is 2. The van der Waals surface area contributed by atoms with Crippen molar-refractivity contribution >= 4 is 27.8 Å². The molecule has 33 heavy (non-hydrogen) atoms. The van der Waals surface area contributed by atoms with Crippen molar-refractivity contribution in [1.29, 1.82) is 5.26 Å². The molecule has 2 aromatic heterocycles. The maximum atomic E-state index is 11.4. The van der Waals surface area contributed by atoms with E-state index >= 15 is 0 Å². The van der Waals surface area contributed by atoms with Crippen LogP contribution in [0, 0.1) is 11.3 Å². The van der Waals surface area contributed by atoms with Gasteiger partial charge in [-0.15, -0.1) is 0 Å². The zero-order valence-corrected chi connectivity index (χ0v) is 18.8. The van der Waals surface area contributed by atoms with Gasteiger partial charge in [-0.2, -0.15) is 10.4 Å². The molecular formula is C27H26N4O2. The first-order valence-corrected chi connectivity index (χ1v) is 11.3. The molecule has 6 heteroatoms. The molecule has 2 N–H and O–H groups in total. The number of aromatic nitrogens is 3. The van der Waals surface area contributed by atoms with Gasteiger partial charge in [0.25, 0.3) is 0 Å². The van der Waals surface area contributed by atoms with Crippen molar-refractivity contribution in [2.45, 2.75) is 51.0 Å². The Bertz CT molecular complexity index is 1430. The molecule has 166 valence electrons. The number of nitrogens with one attached hydrogen (secondary N) is 1. The zero-order valence-electron chi connectivity index (χ0n) is 18.8. The van der Waals surface area contributed by atoms with Crippen molar-refractivity contribution in [1.82, 2.24) is 14.8 Å². The lowest BCUT2D eigenvalue weighted by Gasteiger charge is -2.31. The SMILES string of the molecule is CC(C)(CC#N)c1c(-c2ccc(C(=O)O)cc2)c2cc3[nH]ncc3cc2n1C1CC=CCC1. The fourth-order valence-electron chi connectivity index (χ4n) is 5.16. The molecule has 1 unspecified atom stereocenters. The van der Waals surface area contributed by atoms with Crippen molar-refractivity contribution in [3.05, 3.63) is 66.0 Å². The van der Waals surface area contributed by atoms with Gasteiger partial charge in [-0.05, 0) is 49.1 Å². The lowest BCUT2D eigenvalue weighted by molar-refractivity contribution is 0.0697. The van der Waals surface area contributed by atoms with Gasteiger partial charge in [0.05, 0.1) is 23.3 Å². The van der Waals surface area contributed by atoms with E-state index in [1.54, 1.807) is 12.1 Å². The van der Waals surface area contributed by atoms with Gasteiger partial charge in [-0.1, -0.05) is 38.1 Å². The number of nitriles is 1. The lowest BCUT2D eigenvalue weighted by atomic mass is 9.81. The van der Waals surface area contributed by atoms with Crippen molar-refractivity contribution in [2.75, 3.05) is 0 Å². The number of fused-ring (bicyclic) bond motifs is 2. The van der Waals surface area contributed by atoms with E-state index in [4.69, 9.17) is 0 Å². The molecule has 0 radical (unpaired) electrons. The Kier molecular flexibility index (Phi) is 5.05. The van der Waals surface area contributed by atoms with Crippen LogP contribution in [0.5, 0.6) is 0 Å². The Balaban J connectivity index is 1.89. The highest BCUT2D eigenvalue weighted by Gasteiger charge is 2.34. The van der Waals surface area contributed by atoms with Crippen LogP contribution in [0.3, 0.4) is 0 Å². The summed E-state index contributed by atoms with van der Waals surface area (Å²) >= 11 is 0. The summed E-state index contributed by atoms with van der Waals surface area (Å²) in [5.41, 5.74) is 5.08. The minimum atomic E-state index is -0.942. The Morgan fingerprint density at radius 3 is 2.73 bits per heavy atom. The molecule has 0 amide bonds. The van der Waals surface area contributed by atoms with Crippen LogP contribution in [0.25, 0.3) is 32.9 Å². The summed E-state index contributed by atoms with van der Waals surface area (Å²) in [6, 6.07) is 14.1. The van der Waals surface area contributed by atoms with Crippen LogP contribution in [-0.4, -0.2) is 25.8 Å². The Hall–Kier alpha value is -3.85. The first-order chi connectivity index (χ1) is 15.9. The topological polar surface area (TPSA) is 94.7 Å². The van der Waals surface area contributed by atoms with Crippen molar-refractivity contribution in [3.63, 3.8) is 0 Å². The van der Waals surface area contributed by atoms with Crippen LogP contribution in [-0.2, 0) is 5.41 Å². The summed E-state index contributed by atoms with van der Waals surface area (Å²) < 4.78 is 2.45. The maximum absolute atomic E-state index is 11.4. The Morgan fingerprint density at radius 2 is 2.06 bits per heavy atom. The van der Waals surface area contributed by atoms with Crippen molar-refractivity contribution in [2.24, 2.45) is 0 Å². The average molecular weight is 439 g/mol. The van der Waals surface area contributed by atoms with Gasteiger partial charge < -0.3 is 9.67 Å². The lowest BCUT2D eigenvalue weighted by Crippen LogP contribution is -2.25. The molecule has 2 aromatic carbocycles. The number of nitrogens with zero attached hydrogens (tertiary/aromatic N) is 3. The summed E-state index contributed by atoms with van der Waals surface area (Å²) in [5, 5.41) is 28.5. The van der Waals surface area contributed by atoms with Crippen molar-refractivity contribution in [3.8, 4) is 17.2 Å². The summed E-state index contributed by atoms with van der Waals surface area (Å²) in [7, 11) is 0. The van der Waals surface area contributed by atoms with Crippen LogP contribution in [0.2, 0.25) is 0 Å². The van der Waals surface area contributed by atoms with E-state index < -0.39 is 11.4 Å². The standard InChI is InChI=1S/C27H26N4O2/c1-27(2,12-13-28)25-24(17-8-10-18(11-9-17)26(32)33)21-15-22-19(16-29-30-22)14-23(21)31(25)20-6-4-3-5-7-20/h3-4,8-11,14-16,20H,5-7,12H2,1-2H3,(H,29,30)(H,32,33). The summed E-state index contributed by atoms with van der Waals surface area (Å²) in [5.74, 6) is -0.942. The number of aromatic carboxylic acids is 1. The van der Waals surface area contributed by atoms with Crippen LogP contribution < -0.4 is 0 Å². The number of benzene rings is 2. The third-order valence-electron chi connectivity index (χ3n) is 6.75. The number of carboxylic acid groups (broad SMARTS) is 1. The third-order valence-corrected chi connectivity index (χ3v) is 6.75. The predicted molar refractivity (Wildman–Crippen MR) is 129 cm³/mol.